The molecule has 2 aromatic carbocycles. The van der Waals surface area contributed by atoms with E-state index < -0.39 is 6.10 Å². The van der Waals surface area contributed by atoms with Crippen molar-refractivity contribution >= 4 is 34.0 Å². The van der Waals surface area contributed by atoms with E-state index in [0.29, 0.717) is 27.7 Å². The van der Waals surface area contributed by atoms with E-state index in [-0.39, 0.29) is 17.5 Å². The van der Waals surface area contributed by atoms with Crippen LogP contribution in [-0.2, 0) is 4.74 Å². The van der Waals surface area contributed by atoms with Gasteiger partial charge in [0.1, 0.15) is 11.4 Å². The van der Waals surface area contributed by atoms with Gasteiger partial charge in [-0.25, -0.2) is 4.98 Å². The fraction of sp³-hybridized carbons (Fsp3) is 0.438. The summed E-state index contributed by atoms with van der Waals surface area (Å²) >= 11 is 6.10. The minimum Gasteiger partial charge on any atom is -0.387 e. The van der Waals surface area contributed by atoms with Crippen molar-refractivity contribution < 1.29 is 9.84 Å². The Labute approximate surface area is 251 Å². The molecule has 0 spiro atoms. The Kier molecular flexibility index (Phi) is 9.22. The number of piperidine rings is 1. The van der Waals surface area contributed by atoms with E-state index in [0.717, 1.165) is 61.5 Å². The van der Waals surface area contributed by atoms with Crippen molar-refractivity contribution in [1.82, 2.24) is 19.9 Å². The van der Waals surface area contributed by atoms with Crippen molar-refractivity contribution in [3.63, 3.8) is 0 Å². The second kappa shape index (κ2) is 12.9. The molecule has 0 radical (unpaired) electrons. The molecule has 0 bridgehead atoms. The van der Waals surface area contributed by atoms with Crippen molar-refractivity contribution in [1.29, 1.82) is 0 Å². The molecule has 1 saturated heterocycles. The molecule has 2 atom stereocenters. The lowest BCUT2D eigenvalue weighted by molar-refractivity contribution is 0.121. The molecule has 1 fully saturated rings. The Morgan fingerprint density at radius 2 is 2.12 bits per heavy atom. The van der Waals surface area contributed by atoms with Gasteiger partial charge in [-0.05, 0) is 73.7 Å². The molecule has 10 heteroatoms. The third-order valence-electron chi connectivity index (χ3n) is 8.15. The molecule has 9 nitrogen and oxygen atoms in total. The number of imidazole rings is 1. The van der Waals surface area contributed by atoms with E-state index in [4.69, 9.17) is 21.3 Å². The van der Waals surface area contributed by atoms with Crippen LogP contribution in [0.1, 0.15) is 37.0 Å². The predicted octanol–water partition coefficient (Wildman–Crippen LogP) is 5.21. The number of hydrogen-bond acceptors (Lipinski definition) is 7. The average molecular weight is 593 g/mol. The van der Waals surface area contributed by atoms with Gasteiger partial charge in [-0.3, -0.25) is 4.79 Å². The van der Waals surface area contributed by atoms with Crippen molar-refractivity contribution in [3.8, 4) is 11.4 Å². The SMILES string of the molecule is COCCN(C)C[C@]1(C)CCCN(c2cc(C)c3nc(-c4c(NC[C@H](O)c5cccc(Cl)c5)cc[nH]c4=O)[nH]c3c2)C1. The highest BCUT2D eigenvalue weighted by Gasteiger charge is 2.32. The van der Waals surface area contributed by atoms with E-state index in [9.17, 15) is 9.90 Å². The third-order valence-corrected chi connectivity index (χ3v) is 8.39. The zero-order chi connectivity index (χ0) is 29.9. The van der Waals surface area contributed by atoms with Gasteiger partial charge in [0.15, 0.2) is 0 Å². The second-order valence-electron chi connectivity index (χ2n) is 11.9. The van der Waals surface area contributed by atoms with Gasteiger partial charge < -0.3 is 34.9 Å². The summed E-state index contributed by atoms with van der Waals surface area (Å²) in [6.45, 7) is 9.29. The Morgan fingerprint density at radius 1 is 1.29 bits per heavy atom. The lowest BCUT2D eigenvalue weighted by Crippen LogP contribution is -2.47. The first-order valence-electron chi connectivity index (χ1n) is 14.5. The number of fused-ring (bicyclic) bond motifs is 1. The molecule has 0 aliphatic carbocycles. The average Bonchev–Trinajstić information content (AvgIpc) is 3.39. The summed E-state index contributed by atoms with van der Waals surface area (Å²) in [5.74, 6) is 0.482. The molecule has 4 aromatic rings. The number of aliphatic hydroxyl groups excluding tert-OH is 1. The Bertz CT molecular complexity index is 1590. The molecule has 224 valence electrons. The van der Waals surface area contributed by atoms with Crippen LogP contribution >= 0.6 is 11.6 Å². The molecule has 1 aliphatic heterocycles. The second-order valence-corrected chi connectivity index (χ2v) is 12.3. The fourth-order valence-electron chi connectivity index (χ4n) is 6.11. The summed E-state index contributed by atoms with van der Waals surface area (Å²) in [5, 5.41) is 14.5. The van der Waals surface area contributed by atoms with Crippen molar-refractivity contribution in [2.45, 2.75) is 32.8 Å². The zero-order valence-electron chi connectivity index (χ0n) is 24.8. The van der Waals surface area contributed by atoms with Crippen molar-refractivity contribution in [3.05, 3.63) is 75.2 Å². The smallest absolute Gasteiger partial charge is 0.261 e. The first kappa shape index (κ1) is 30.1. The van der Waals surface area contributed by atoms with Gasteiger partial charge in [0.05, 0.1) is 29.4 Å². The van der Waals surface area contributed by atoms with Crippen LogP contribution < -0.4 is 15.8 Å². The van der Waals surface area contributed by atoms with E-state index in [1.54, 1.807) is 37.6 Å². The molecule has 0 saturated carbocycles. The highest BCUT2D eigenvalue weighted by molar-refractivity contribution is 6.30. The fourth-order valence-corrected chi connectivity index (χ4v) is 6.31. The highest BCUT2D eigenvalue weighted by atomic mass is 35.5. The quantitative estimate of drug-likeness (QED) is 0.189. The first-order chi connectivity index (χ1) is 20.2. The number of likely N-dealkylation sites (N-methyl/N-ethyl adjacent to an activating group) is 1. The van der Waals surface area contributed by atoms with Crippen molar-refractivity contribution in [2.75, 3.05) is 63.7 Å². The van der Waals surface area contributed by atoms with Gasteiger partial charge in [0.2, 0.25) is 0 Å². The van der Waals surface area contributed by atoms with Gasteiger partial charge in [-0.2, -0.15) is 0 Å². The molecular formula is C32H41ClN6O3. The number of aryl methyl sites for hydroxylation is 1. The number of halogens is 1. The number of anilines is 2. The molecule has 0 amide bonds. The minimum atomic E-state index is -0.800. The van der Waals surface area contributed by atoms with E-state index in [1.807, 2.05) is 6.07 Å². The van der Waals surface area contributed by atoms with Gasteiger partial charge >= 0.3 is 0 Å². The monoisotopic (exact) mass is 592 g/mol. The summed E-state index contributed by atoms with van der Waals surface area (Å²) in [6, 6.07) is 13.2. The summed E-state index contributed by atoms with van der Waals surface area (Å²) in [5.41, 5.74) is 5.52. The normalized spacial score (nSPS) is 18.1. The third kappa shape index (κ3) is 6.81. The molecule has 42 heavy (non-hydrogen) atoms. The first-order valence-corrected chi connectivity index (χ1v) is 14.9. The minimum absolute atomic E-state index is 0.177. The lowest BCUT2D eigenvalue weighted by atomic mass is 9.81. The standard InChI is InChI=1S/C32H41ClN6O3/c1-21-15-24(39-12-6-10-32(2,20-39)19-38(3)13-14-42-4)17-26-29(21)37-30(36-26)28-25(9-11-34-31(28)41)35-18-27(40)22-7-5-8-23(33)16-22/h5,7-9,11,15-17,27,40H,6,10,12-14,18-20H2,1-4H3,(H,36,37)(H2,34,35,41)/t27-,32-/m0/s1. The highest BCUT2D eigenvalue weighted by Crippen LogP contribution is 2.35. The number of nitrogens with zero attached hydrogens (tertiary/aromatic N) is 3. The summed E-state index contributed by atoms with van der Waals surface area (Å²) in [4.78, 5) is 28.9. The predicted molar refractivity (Wildman–Crippen MR) is 171 cm³/mol. The Balaban J connectivity index is 1.38. The van der Waals surface area contributed by atoms with Gasteiger partial charge in [0.25, 0.3) is 5.56 Å². The molecule has 0 unspecified atom stereocenters. The number of ether oxygens (including phenoxy) is 1. The van der Waals surface area contributed by atoms with Crippen LogP contribution in [0.5, 0.6) is 0 Å². The maximum atomic E-state index is 13.0. The number of aliphatic hydroxyl groups is 1. The number of aromatic amines is 2. The summed E-state index contributed by atoms with van der Waals surface area (Å²) in [7, 11) is 3.91. The van der Waals surface area contributed by atoms with Crippen LogP contribution in [0, 0.1) is 12.3 Å². The van der Waals surface area contributed by atoms with Crippen molar-refractivity contribution in [2.24, 2.45) is 5.41 Å². The summed E-state index contributed by atoms with van der Waals surface area (Å²) < 4.78 is 5.27. The largest absolute Gasteiger partial charge is 0.387 e. The number of nitrogens with one attached hydrogen (secondary N) is 3. The van der Waals surface area contributed by atoms with Crippen LogP contribution in [0.25, 0.3) is 22.4 Å². The lowest BCUT2D eigenvalue weighted by Gasteiger charge is -2.43. The molecule has 3 heterocycles. The van der Waals surface area contributed by atoms with Crippen LogP contribution in [0.15, 0.2) is 53.5 Å². The summed E-state index contributed by atoms with van der Waals surface area (Å²) in [6.07, 6.45) is 3.11. The Hall–Kier alpha value is -3.37. The van der Waals surface area contributed by atoms with Crippen LogP contribution in [-0.4, -0.2) is 78.4 Å². The number of rotatable bonds is 11. The van der Waals surface area contributed by atoms with Crippen LogP contribution in [0.3, 0.4) is 0 Å². The molecule has 1 aliphatic rings. The van der Waals surface area contributed by atoms with E-state index in [1.165, 1.54) is 6.42 Å². The van der Waals surface area contributed by atoms with Gasteiger partial charge in [0, 0.05) is 56.7 Å². The maximum Gasteiger partial charge on any atom is 0.261 e. The van der Waals surface area contributed by atoms with Crippen LogP contribution in [0.4, 0.5) is 11.4 Å². The van der Waals surface area contributed by atoms with Gasteiger partial charge in [-0.1, -0.05) is 30.7 Å². The van der Waals surface area contributed by atoms with Gasteiger partial charge in [-0.15, -0.1) is 0 Å². The number of benzene rings is 2. The molecule has 5 rings (SSSR count). The molecule has 2 aromatic heterocycles. The number of pyridine rings is 1. The topological polar surface area (TPSA) is 110 Å². The zero-order valence-corrected chi connectivity index (χ0v) is 25.6. The maximum absolute atomic E-state index is 13.0. The number of H-pyrrole nitrogens is 2. The number of aromatic nitrogens is 3. The van der Waals surface area contributed by atoms with E-state index >= 15 is 0 Å². The molecular weight excluding hydrogens is 552 g/mol. The number of methoxy groups -OCH3 is 1. The number of hydrogen-bond donors (Lipinski definition) is 4. The Morgan fingerprint density at radius 3 is 2.90 bits per heavy atom. The van der Waals surface area contributed by atoms with Crippen LogP contribution in [0.2, 0.25) is 5.02 Å². The van der Waals surface area contributed by atoms with E-state index in [2.05, 4.69) is 58.1 Å². The molecule has 4 N–H and O–H groups in total.